The fraction of sp³-hybridized carbons (Fsp3) is 0.533. The first kappa shape index (κ1) is 29.2. The van der Waals surface area contributed by atoms with E-state index in [-0.39, 0.29) is 12.3 Å². The average molecular weight is 499 g/mol. The van der Waals surface area contributed by atoms with Crippen LogP contribution < -0.4 is 9.47 Å². The Bertz CT molecular complexity index is 981. The van der Waals surface area contributed by atoms with E-state index >= 15 is 0 Å². The Morgan fingerprint density at radius 2 is 1.31 bits per heavy atom. The van der Waals surface area contributed by atoms with Crippen molar-refractivity contribution in [3.63, 3.8) is 0 Å². The first-order chi connectivity index (χ1) is 16.9. The maximum Gasteiger partial charge on any atom is 0.309 e. The van der Waals surface area contributed by atoms with E-state index in [4.69, 9.17) is 18.9 Å². The highest BCUT2D eigenvalue weighted by atomic mass is 16.6. The van der Waals surface area contributed by atoms with Gasteiger partial charge in [-0.15, -0.1) is 0 Å². The van der Waals surface area contributed by atoms with E-state index < -0.39 is 29.6 Å². The highest BCUT2D eigenvalue weighted by Crippen LogP contribution is 2.41. The molecule has 0 radical (unpaired) electrons. The SMILES string of the molecule is CCOc1cc(C)ccc1C(c1ccc(C)cc1OCC)[C@H](C)OC(=O)[C@H](C)CC(=O)OC(C)(C)C. The normalized spacial score (nSPS) is 13.2. The summed E-state index contributed by atoms with van der Waals surface area (Å²) in [6, 6.07) is 12.1. The number of rotatable bonds is 11. The van der Waals surface area contributed by atoms with Crippen molar-refractivity contribution in [1.29, 1.82) is 0 Å². The van der Waals surface area contributed by atoms with Crippen molar-refractivity contribution >= 4 is 11.9 Å². The second-order valence-corrected chi connectivity index (χ2v) is 10.3. The highest BCUT2D eigenvalue weighted by molar-refractivity contribution is 5.80. The minimum absolute atomic E-state index is 0.0447. The van der Waals surface area contributed by atoms with Crippen LogP contribution in [0.25, 0.3) is 0 Å². The summed E-state index contributed by atoms with van der Waals surface area (Å²) in [5.74, 6) is -0.367. The summed E-state index contributed by atoms with van der Waals surface area (Å²) in [5, 5.41) is 0. The van der Waals surface area contributed by atoms with Gasteiger partial charge >= 0.3 is 11.9 Å². The number of aryl methyl sites for hydroxylation is 2. The molecule has 6 nitrogen and oxygen atoms in total. The van der Waals surface area contributed by atoms with Crippen LogP contribution >= 0.6 is 0 Å². The van der Waals surface area contributed by atoms with Crippen molar-refractivity contribution < 1.29 is 28.5 Å². The Hall–Kier alpha value is -3.02. The maximum absolute atomic E-state index is 13.1. The third-order valence-corrected chi connectivity index (χ3v) is 5.67. The molecule has 0 aliphatic heterocycles. The molecule has 0 amide bonds. The Kier molecular flexibility index (Phi) is 10.4. The Labute approximate surface area is 216 Å². The minimum atomic E-state index is -0.642. The van der Waals surface area contributed by atoms with Crippen LogP contribution in [-0.4, -0.2) is 36.9 Å². The second-order valence-electron chi connectivity index (χ2n) is 10.3. The van der Waals surface area contributed by atoms with Gasteiger partial charge in [0.05, 0.1) is 31.5 Å². The predicted molar refractivity (Wildman–Crippen MR) is 142 cm³/mol. The van der Waals surface area contributed by atoms with Gasteiger partial charge in [-0.2, -0.15) is 0 Å². The lowest BCUT2D eigenvalue weighted by Crippen LogP contribution is -2.30. The smallest absolute Gasteiger partial charge is 0.309 e. The van der Waals surface area contributed by atoms with Gasteiger partial charge in [0.2, 0.25) is 0 Å². The first-order valence-electron chi connectivity index (χ1n) is 12.7. The third-order valence-electron chi connectivity index (χ3n) is 5.67. The number of carbonyl (C=O) groups excluding carboxylic acids is 2. The number of ether oxygens (including phenoxy) is 4. The summed E-state index contributed by atoms with van der Waals surface area (Å²) in [5.41, 5.74) is 3.36. The molecule has 0 heterocycles. The van der Waals surface area contributed by atoms with E-state index in [9.17, 15) is 9.59 Å². The van der Waals surface area contributed by atoms with E-state index in [2.05, 4.69) is 0 Å². The molecule has 2 rings (SSSR count). The van der Waals surface area contributed by atoms with Crippen LogP contribution in [0.1, 0.15) is 83.1 Å². The number of benzene rings is 2. The van der Waals surface area contributed by atoms with Gasteiger partial charge in [-0.05, 0) is 78.6 Å². The largest absolute Gasteiger partial charge is 0.494 e. The van der Waals surface area contributed by atoms with Crippen LogP contribution in [0, 0.1) is 19.8 Å². The van der Waals surface area contributed by atoms with E-state index in [0.29, 0.717) is 13.2 Å². The molecule has 198 valence electrons. The molecule has 0 aliphatic rings. The fourth-order valence-electron chi connectivity index (χ4n) is 4.12. The van der Waals surface area contributed by atoms with E-state index in [0.717, 1.165) is 33.8 Å². The van der Waals surface area contributed by atoms with E-state index in [1.807, 2.05) is 71.0 Å². The zero-order valence-electron chi connectivity index (χ0n) is 23.3. The number of esters is 2. The van der Waals surface area contributed by atoms with Crippen molar-refractivity contribution in [3.05, 3.63) is 58.7 Å². The molecule has 0 aromatic heterocycles. The van der Waals surface area contributed by atoms with E-state index in [1.165, 1.54) is 0 Å². The van der Waals surface area contributed by atoms with Gasteiger partial charge in [0.25, 0.3) is 0 Å². The van der Waals surface area contributed by atoms with Crippen LogP contribution in [-0.2, 0) is 19.1 Å². The fourth-order valence-corrected chi connectivity index (χ4v) is 4.12. The van der Waals surface area contributed by atoms with E-state index in [1.54, 1.807) is 27.7 Å². The van der Waals surface area contributed by atoms with Crippen LogP contribution in [0.15, 0.2) is 36.4 Å². The van der Waals surface area contributed by atoms with Crippen LogP contribution in [0.2, 0.25) is 0 Å². The van der Waals surface area contributed by atoms with Gasteiger partial charge in [0.1, 0.15) is 23.2 Å². The zero-order chi connectivity index (χ0) is 27.0. The second kappa shape index (κ2) is 12.8. The van der Waals surface area contributed by atoms with Gasteiger partial charge in [-0.3, -0.25) is 9.59 Å². The third kappa shape index (κ3) is 8.28. The first-order valence-corrected chi connectivity index (χ1v) is 12.7. The Morgan fingerprint density at radius 3 is 1.72 bits per heavy atom. The average Bonchev–Trinajstić information content (AvgIpc) is 2.75. The molecule has 0 aliphatic carbocycles. The van der Waals surface area contributed by atoms with Crippen molar-refractivity contribution in [2.75, 3.05) is 13.2 Å². The quantitative estimate of drug-likeness (QED) is 0.328. The molecule has 2 aromatic rings. The van der Waals surface area contributed by atoms with Crippen LogP contribution in [0.3, 0.4) is 0 Å². The summed E-state index contributed by atoms with van der Waals surface area (Å²) in [6.07, 6.45) is -0.598. The van der Waals surface area contributed by atoms with Crippen LogP contribution in [0.4, 0.5) is 0 Å². The molecular weight excluding hydrogens is 456 g/mol. The lowest BCUT2D eigenvalue weighted by Gasteiger charge is -2.29. The standard InChI is InChI=1S/C30H42O6/c1-10-33-25-16-19(3)12-14-23(25)28(24-15-13-20(4)17-26(24)34-11-2)22(6)35-29(32)21(5)18-27(31)36-30(7,8)9/h12-17,21-22,28H,10-11,18H2,1-9H3/t21-,22+/m1/s1. The molecule has 0 bridgehead atoms. The summed E-state index contributed by atoms with van der Waals surface area (Å²) in [4.78, 5) is 25.3. The summed E-state index contributed by atoms with van der Waals surface area (Å²) in [6.45, 7) is 17.9. The van der Waals surface area contributed by atoms with Gasteiger partial charge < -0.3 is 18.9 Å². The van der Waals surface area contributed by atoms with Crippen molar-refractivity contribution in [3.8, 4) is 11.5 Å². The Balaban J connectivity index is 2.44. The van der Waals surface area contributed by atoms with Crippen molar-refractivity contribution in [1.82, 2.24) is 0 Å². The lowest BCUT2D eigenvalue weighted by atomic mass is 9.85. The number of carbonyl (C=O) groups is 2. The summed E-state index contributed by atoms with van der Waals surface area (Å²) in [7, 11) is 0. The lowest BCUT2D eigenvalue weighted by molar-refractivity contribution is -0.163. The highest BCUT2D eigenvalue weighted by Gasteiger charge is 2.32. The molecule has 0 fully saturated rings. The maximum atomic E-state index is 13.1. The minimum Gasteiger partial charge on any atom is -0.494 e. The van der Waals surface area contributed by atoms with Gasteiger partial charge in [-0.1, -0.05) is 31.2 Å². The number of hydrogen-bond acceptors (Lipinski definition) is 6. The summed E-state index contributed by atoms with van der Waals surface area (Å²) >= 11 is 0. The molecule has 2 atom stereocenters. The summed E-state index contributed by atoms with van der Waals surface area (Å²) < 4.78 is 23.4. The number of hydrogen-bond donors (Lipinski definition) is 0. The topological polar surface area (TPSA) is 71.1 Å². The monoisotopic (exact) mass is 498 g/mol. The molecule has 2 aromatic carbocycles. The van der Waals surface area contributed by atoms with Gasteiger partial charge in [0.15, 0.2) is 0 Å². The van der Waals surface area contributed by atoms with Gasteiger partial charge in [0, 0.05) is 11.1 Å². The molecule has 0 spiro atoms. The molecule has 0 unspecified atom stereocenters. The molecular formula is C30H42O6. The molecule has 36 heavy (non-hydrogen) atoms. The zero-order valence-corrected chi connectivity index (χ0v) is 23.3. The van der Waals surface area contributed by atoms with Crippen LogP contribution in [0.5, 0.6) is 11.5 Å². The van der Waals surface area contributed by atoms with Crippen molar-refractivity contribution in [2.45, 2.75) is 86.4 Å². The molecule has 0 saturated carbocycles. The predicted octanol–water partition coefficient (Wildman–Crippen LogP) is 6.53. The molecule has 6 heteroatoms. The molecule has 0 N–H and O–H groups in total. The Morgan fingerprint density at radius 1 is 0.833 bits per heavy atom. The molecule has 0 saturated heterocycles. The van der Waals surface area contributed by atoms with Crippen molar-refractivity contribution in [2.24, 2.45) is 5.92 Å². The van der Waals surface area contributed by atoms with Gasteiger partial charge in [-0.25, -0.2) is 0 Å².